The number of unbranched alkanes of at least 4 members (excludes halogenated alkanes) is 1. The van der Waals surface area contributed by atoms with Crippen molar-refractivity contribution in [3.05, 3.63) is 113 Å². The minimum absolute atomic E-state index is 0.0960. The quantitative estimate of drug-likeness (QED) is 0.0311. The number of hydroxylamine groups is 1. The Morgan fingerprint density at radius 2 is 1.80 bits per heavy atom. The van der Waals surface area contributed by atoms with E-state index in [9.17, 15) is 37.7 Å². The van der Waals surface area contributed by atoms with Gasteiger partial charge in [-0.25, -0.2) is 10.5 Å². The highest BCUT2D eigenvalue weighted by atomic mass is 32.2. The van der Waals surface area contributed by atoms with E-state index in [1.165, 1.54) is 47.6 Å². The monoisotopic (exact) mass is 758 g/mol. The van der Waals surface area contributed by atoms with Gasteiger partial charge in [-0.1, -0.05) is 36.4 Å². The number of aliphatic hydroxyl groups excluding tert-OH is 1. The molecule has 1 aromatic heterocycles. The van der Waals surface area contributed by atoms with E-state index in [4.69, 9.17) is 4.74 Å². The summed E-state index contributed by atoms with van der Waals surface area (Å²) in [5.41, 5.74) is 6.39. The van der Waals surface area contributed by atoms with Crippen molar-refractivity contribution in [1.82, 2.24) is 20.7 Å². The summed E-state index contributed by atoms with van der Waals surface area (Å²) in [7, 11) is -4.43. The van der Waals surface area contributed by atoms with Crippen LogP contribution in [0.1, 0.15) is 65.2 Å². The van der Waals surface area contributed by atoms with Crippen LogP contribution >= 0.6 is 0 Å². The largest absolute Gasteiger partial charge is 0.457 e. The van der Waals surface area contributed by atoms with Gasteiger partial charge in [-0.05, 0) is 98.7 Å². The minimum Gasteiger partial charge on any atom is -0.457 e. The first-order valence-corrected chi connectivity index (χ1v) is 18.6. The van der Waals surface area contributed by atoms with E-state index < -0.39 is 27.5 Å². The van der Waals surface area contributed by atoms with Crippen LogP contribution in [0, 0.1) is 6.92 Å². The first-order chi connectivity index (χ1) is 25.8. The van der Waals surface area contributed by atoms with E-state index in [0.29, 0.717) is 37.3 Å². The number of hydrazone groups is 1. The number of ether oxygens (including phenoxy) is 1. The lowest BCUT2D eigenvalue weighted by Gasteiger charge is -2.29. The summed E-state index contributed by atoms with van der Waals surface area (Å²) < 4.78 is 38.4. The molecule has 0 aliphatic carbocycles. The Labute approximate surface area is 312 Å². The van der Waals surface area contributed by atoms with Gasteiger partial charge in [-0.2, -0.15) is 13.5 Å². The van der Waals surface area contributed by atoms with Crippen LogP contribution in [0.2, 0.25) is 0 Å². The van der Waals surface area contributed by atoms with E-state index in [1.807, 2.05) is 38.1 Å². The van der Waals surface area contributed by atoms with E-state index in [-0.39, 0.29) is 53.2 Å². The smallest absolute Gasteiger partial charge is 0.295 e. The maximum Gasteiger partial charge on any atom is 0.295 e. The molecule has 54 heavy (non-hydrogen) atoms. The highest BCUT2D eigenvalue weighted by Crippen LogP contribution is 2.38. The zero-order chi connectivity index (χ0) is 38.9. The first kappa shape index (κ1) is 39.5. The molecule has 15 nitrogen and oxygen atoms in total. The van der Waals surface area contributed by atoms with E-state index >= 15 is 0 Å². The normalized spacial score (nSPS) is 16.3. The number of carbonyl (C=O) groups excluding carboxylic acids is 3. The summed E-state index contributed by atoms with van der Waals surface area (Å²) in [6.45, 7) is 4.25. The molecule has 1 fully saturated rings. The molecule has 1 aliphatic heterocycles. The number of nitrogens with one attached hydrogen (secondary N) is 3. The Bertz CT molecular complexity index is 2110. The maximum absolute atomic E-state index is 13.8. The van der Waals surface area contributed by atoms with Gasteiger partial charge in [-0.15, -0.1) is 0 Å². The van der Waals surface area contributed by atoms with Crippen molar-refractivity contribution < 1.29 is 42.4 Å². The molecule has 0 bridgehead atoms. The molecule has 0 unspecified atom stereocenters. The SMILES string of the molecule is Cc1ccc(Oc2ccc([C@]3(C)CCN([C@H](CCCCNC(=O)c4ccc(N/N=C\c5ccccc5S(=O)(=O)O)nc4)C(=O)NO)C3=O)cc2)cc1CO. The fourth-order valence-electron chi connectivity index (χ4n) is 6.20. The van der Waals surface area contributed by atoms with Gasteiger partial charge >= 0.3 is 0 Å². The average Bonchev–Trinajstić information content (AvgIpc) is 3.47. The van der Waals surface area contributed by atoms with Crippen molar-refractivity contribution in [3.63, 3.8) is 0 Å². The molecule has 16 heteroatoms. The summed E-state index contributed by atoms with van der Waals surface area (Å²) in [5.74, 6) is 0.140. The number of aryl methyl sites for hydroxylation is 1. The van der Waals surface area contributed by atoms with E-state index in [0.717, 1.165) is 16.7 Å². The standard InChI is InChI=1S/C38H42N6O9S/c1-25-10-14-31(21-28(25)24-45)53-30-15-12-29(13-16-30)38(2)18-20-44(37(38)48)32(36(47)43-49)8-5-6-19-39-35(46)27-11-17-34(40-22-27)42-41-23-26-7-3-4-9-33(26)54(50,51)52/h3-4,7,9-17,21-23,32,45,49H,5-6,8,18-20,24H2,1-2H3,(H,39,46)(H,40,42)(H,43,47)(H,50,51,52)/b41-23-/t32-,38+/m1/s1. The number of aromatic nitrogens is 1. The van der Waals surface area contributed by atoms with Gasteiger partial charge < -0.3 is 20.1 Å². The molecule has 1 aliphatic rings. The van der Waals surface area contributed by atoms with Crippen LogP contribution in [0.4, 0.5) is 5.82 Å². The Morgan fingerprint density at radius 1 is 1.06 bits per heavy atom. The molecular weight excluding hydrogens is 717 g/mol. The lowest BCUT2D eigenvalue weighted by atomic mass is 9.81. The van der Waals surface area contributed by atoms with Crippen LogP contribution in [0.25, 0.3) is 0 Å². The zero-order valence-electron chi connectivity index (χ0n) is 29.7. The first-order valence-electron chi connectivity index (χ1n) is 17.2. The van der Waals surface area contributed by atoms with Crippen LogP contribution in [-0.4, -0.2) is 76.2 Å². The summed E-state index contributed by atoms with van der Waals surface area (Å²) in [5, 5.41) is 25.8. The third kappa shape index (κ3) is 9.45. The van der Waals surface area contributed by atoms with Gasteiger partial charge in [0.25, 0.3) is 21.9 Å². The fraction of sp³-hybridized carbons (Fsp3) is 0.289. The molecule has 4 aromatic rings. The summed E-state index contributed by atoms with van der Waals surface area (Å²) in [6, 6.07) is 20.6. The predicted molar refractivity (Wildman–Crippen MR) is 199 cm³/mol. The summed E-state index contributed by atoms with van der Waals surface area (Å²) >= 11 is 0. The zero-order valence-corrected chi connectivity index (χ0v) is 30.5. The van der Waals surface area contributed by atoms with E-state index in [1.54, 1.807) is 29.7 Å². The van der Waals surface area contributed by atoms with Crippen molar-refractivity contribution in [2.24, 2.45) is 5.10 Å². The molecule has 2 heterocycles. The number of pyridine rings is 1. The lowest BCUT2D eigenvalue weighted by molar-refractivity contribution is -0.144. The summed E-state index contributed by atoms with van der Waals surface area (Å²) in [6.07, 6.45) is 4.26. The van der Waals surface area contributed by atoms with Crippen LogP contribution in [0.3, 0.4) is 0 Å². The molecule has 0 spiro atoms. The highest BCUT2D eigenvalue weighted by molar-refractivity contribution is 7.86. The predicted octanol–water partition coefficient (Wildman–Crippen LogP) is 4.33. The molecule has 3 aromatic carbocycles. The number of nitrogens with zero attached hydrogens (tertiary/aromatic N) is 3. The molecule has 2 atom stereocenters. The molecule has 3 amide bonds. The minimum atomic E-state index is -4.43. The number of hydrogen-bond acceptors (Lipinski definition) is 11. The lowest BCUT2D eigenvalue weighted by Crippen LogP contribution is -2.49. The van der Waals surface area contributed by atoms with Gasteiger partial charge in [0.1, 0.15) is 28.3 Å². The second kappa shape index (κ2) is 17.4. The highest BCUT2D eigenvalue weighted by Gasteiger charge is 2.47. The fourth-order valence-corrected chi connectivity index (χ4v) is 6.87. The number of anilines is 1. The number of rotatable bonds is 16. The number of amides is 3. The van der Waals surface area contributed by atoms with Crippen molar-refractivity contribution in [1.29, 1.82) is 0 Å². The van der Waals surface area contributed by atoms with Crippen LogP contribution in [0.15, 0.2) is 95.1 Å². The van der Waals surface area contributed by atoms with Crippen LogP contribution in [-0.2, 0) is 31.7 Å². The topological polar surface area (TPSA) is 220 Å². The van der Waals surface area contributed by atoms with Gasteiger partial charge in [0.05, 0.1) is 23.8 Å². The number of aliphatic hydroxyl groups is 1. The van der Waals surface area contributed by atoms with Gasteiger partial charge in [-0.3, -0.25) is 29.6 Å². The average molecular weight is 759 g/mol. The molecule has 0 saturated carbocycles. The number of carbonyl (C=O) groups is 3. The Morgan fingerprint density at radius 3 is 2.48 bits per heavy atom. The molecule has 284 valence electrons. The third-order valence-electron chi connectivity index (χ3n) is 9.39. The number of hydrogen-bond donors (Lipinski definition) is 6. The third-order valence-corrected chi connectivity index (χ3v) is 10.3. The van der Waals surface area contributed by atoms with Crippen molar-refractivity contribution in [2.75, 3.05) is 18.5 Å². The van der Waals surface area contributed by atoms with E-state index in [2.05, 4.69) is 20.8 Å². The number of likely N-dealkylation sites (tertiary alicyclic amines) is 1. The molecule has 5 rings (SSSR count). The molecule has 0 radical (unpaired) electrons. The Balaban J connectivity index is 1.10. The number of benzene rings is 3. The van der Waals surface area contributed by atoms with Crippen molar-refractivity contribution in [3.8, 4) is 11.5 Å². The molecule has 1 saturated heterocycles. The Hall–Kier alpha value is -5.68. The maximum atomic E-state index is 13.8. The Kier molecular flexibility index (Phi) is 12.8. The second-order valence-electron chi connectivity index (χ2n) is 13.0. The summed E-state index contributed by atoms with van der Waals surface area (Å²) in [4.78, 5) is 44.6. The van der Waals surface area contributed by atoms with Crippen LogP contribution in [0.5, 0.6) is 11.5 Å². The second-order valence-corrected chi connectivity index (χ2v) is 14.4. The van der Waals surface area contributed by atoms with Crippen molar-refractivity contribution in [2.45, 2.75) is 62.5 Å². The molecular formula is C38H42N6O9S. The molecule has 6 N–H and O–H groups in total. The van der Waals surface area contributed by atoms with Gasteiger partial charge in [0.2, 0.25) is 5.91 Å². The van der Waals surface area contributed by atoms with Crippen LogP contribution < -0.4 is 21.0 Å². The van der Waals surface area contributed by atoms with Gasteiger partial charge in [0.15, 0.2) is 0 Å². The van der Waals surface area contributed by atoms with Gasteiger partial charge in [0, 0.05) is 24.8 Å². The van der Waals surface area contributed by atoms with Crippen molar-refractivity contribution >= 4 is 39.9 Å².